The Hall–Kier alpha value is -1.76. The van der Waals surface area contributed by atoms with Gasteiger partial charge in [-0.3, -0.25) is 4.79 Å². The van der Waals surface area contributed by atoms with Crippen LogP contribution in [0.3, 0.4) is 0 Å². The van der Waals surface area contributed by atoms with Crippen LogP contribution < -0.4 is 5.32 Å². The van der Waals surface area contributed by atoms with Crippen molar-refractivity contribution < 1.29 is 14.6 Å². The van der Waals surface area contributed by atoms with E-state index < -0.39 is 6.10 Å². The molecule has 2 atom stereocenters. The molecule has 122 valence electrons. The molecule has 2 aromatic rings. The van der Waals surface area contributed by atoms with Gasteiger partial charge in [0.1, 0.15) is 16.8 Å². The average Bonchev–Trinajstić information content (AvgIpc) is 3.24. The number of amides is 1. The molecule has 2 N–H and O–H groups in total. The predicted octanol–water partition coefficient (Wildman–Crippen LogP) is 2.33. The zero-order valence-corrected chi connectivity index (χ0v) is 13.6. The van der Waals surface area contributed by atoms with Crippen molar-refractivity contribution in [3.8, 4) is 0 Å². The zero-order chi connectivity index (χ0) is 16.1. The van der Waals surface area contributed by atoms with E-state index >= 15 is 0 Å². The Morgan fingerprint density at radius 3 is 3.00 bits per heavy atom. The second-order valence-corrected chi connectivity index (χ2v) is 6.52. The largest absolute Gasteiger partial charge is 0.391 e. The minimum absolute atomic E-state index is 0.0326. The molecule has 1 aromatic heterocycles. The number of ether oxygens (including phenoxy) is 1. The molecule has 1 aromatic carbocycles. The van der Waals surface area contributed by atoms with Crippen LogP contribution in [0.1, 0.15) is 40.0 Å². The normalized spacial score (nSPS) is 18.7. The standard InChI is InChI=1S/C17H20N2O3S/c20-13(9-12-5-2-1-3-6-12)10-18-16(21)14-11-23-17(19-14)15-7-4-8-22-15/h1-3,5-6,11,13,15,20H,4,7-10H2,(H,18,21). The van der Waals surface area contributed by atoms with Crippen LogP contribution in [-0.4, -0.2) is 35.3 Å². The van der Waals surface area contributed by atoms with Crippen molar-refractivity contribution in [2.45, 2.75) is 31.5 Å². The highest BCUT2D eigenvalue weighted by Crippen LogP contribution is 2.30. The number of benzene rings is 1. The van der Waals surface area contributed by atoms with E-state index in [0.29, 0.717) is 12.1 Å². The van der Waals surface area contributed by atoms with Crippen molar-refractivity contribution in [1.29, 1.82) is 0 Å². The third-order valence-electron chi connectivity index (χ3n) is 3.77. The lowest BCUT2D eigenvalue weighted by atomic mass is 10.1. The number of thiazole rings is 1. The van der Waals surface area contributed by atoms with E-state index in [0.717, 1.165) is 30.0 Å². The summed E-state index contributed by atoms with van der Waals surface area (Å²) in [6.45, 7) is 0.970. The quantitative estimate of drug-likeness (QED) is 0.852. The van der Waals surface area contributed by atoms with Crippen LogP contribution in [0.15, 0.2) is 35.7 Å². The number of aromatic nitrogens is 1. The maximum atomic E-state index is 12.1. The molecular weight excluding hydrogens is 312 g/mol. The molecule has 1 fully saturated rings. The summed E-state index contributed by atoms with van der Waals surface area (Å²) in [5.74, 6) is -0.252. The summed E-state index contributed by atoms with van der Waals surface area (Å²) < 4.78 is 5.57. The predicted molar refractivity (Wildman–Crippen MR) is 88.5 cm³/mol. The van der Waals surface area contributed by atoms with Crippen LogP contribution >= 0.6 is 11.3 Å². The lowest BCUT2D eigenvalue weighted by molar-refractivity contribution is 0.0909. The van der Waals surface area contributed by atoms with Crippen molar-refractivity contribution in [2.75, 3.05) is 13.2 Å². The number of carbonyl (C=O) groups excluding carboxylic acids is 1. The summed E-state index contributed by atoms with van der Waals surface area (Å²) in [5, 5.41) is 15.4. The second kappa shape index (κ2) is 7.68. The number of rotatable bonds is 6. The summed E-state index contributed by atoms with van der Waals surface area (Å²) >= 11 is 1.45. The Morgan fingerprint density at radius 2 is 2.26 bits per heavy atom. The number of hydrogen-bond acceptors (Lipinski definition) is 5. The monoisotopic (exact) mass is 332 g/mol. The Kier molecular flexibility index (Phi) is 5.38. The van der Waals surface area contributed by atoms with Crippen LogP contribution in [0.4, 0.5) is 0 Å². The van der Waals surface area contributed by atoms with E-state index in [1.165, 1.54) is 11.3 Å². The van der Waals surface area contributed by atoms with Crippen molar-refractivity contribution >= 4 is 17.2 Å². The molecule has 23 heavy (non-hydrogen) atoms. The molecule has 0 aliphatic carbocycles. The minimum atomic E-state index is -0.613. The fourth-order valence-electron chi connectivity index (χ4n) is 2.57. The molecule has 0 bridgehead atoms. The van der Waals surface area contributed by atoms with Crippen LogP contribution in [0.25, 0.3) is 0 Å². The Morgan fingerprint density at radius 1 is 1.43 bits per heavy atom. The summed E-state index contributed by atoms with van der Waals surface area (Å²) in [5.41, 5.74) is 1.44. The first kappa shape index (κ1) is 16.1. The number of nitrogens with zero attached hydrogens (tertiary/aromatic N) is 1. The maximum absolute atomic E-state index is 12.1. The summed E-state index contributed by atoms with van der Waals surface area (Å²) in [6, 6.07) is 9.72. The van der Waals surface area contributed by atoms with Crippen molar-refractivity contribution in [3.05, 3.63) is 52.0 Å². The molecule has 6 heteroatoms. The van der Waals surface area contributed by atoms with Crippen LogP contribution in [-0.2, 0) is 11.2 Å². The molecule has 0 saturated carbocycles. The van der Waals surface area contributed by atoms with Gasteiger partial charge in [-0.05, 0) is 18.4 Å². The topological polar surface area (TPSA) is 71.5 Å². The molecular formula is C17H20N2O3S. The Balaban J connectivity index is 1.49. The lowest BCUT2D eigenvalue weighted by Crippen LogP contribution is -2.33. The number of nitrogens with one attached hydrogen (secondary N) is 1. The smallest absolute Gasteiger partial charge is 0.270 e. The van der Waals surface area contributed by atoms with Crippen LogP contribution in [0, 0.1) is 0 Å². The second-order valence-electron chi connectivity index (χ2n) is 5.63. The minimum Gasteiger partial charge on any atom is -0.391 e. The SMILES string of the molecule is O=C(NCC(O)Cc1ccccc1)c1csc(C2CCCO2)n1. The van der Waals surface area contributed by atoms with Crippen LogP contribution in [0.5, 0.6) is 0 Å². The summed E-state index contributed by atoms with van der Waals surface area (Å²) in [4.78, 5) is 16.5. The molecule has 1 aliphatic rings. The van der Waals surface area contributed by atoms with Crippen molar-refractivity contribution in [1.82, 2.24) is 10.3 Å². The molecule has 3 rings (SSSR count). The summed E-state index contributed by atoms with van der Waals surface area (Å²) in [7, 11) is 0. The first-order valence-corrected chi connectivity index (χ1v) is 8.67. The maximum Gasteiger partial charge on any atom is 0.270 e. The van der Waals surface area contributed by atoms with Gasteiger partial charge < -0.3 is 15.2 Å². The van der Waals surface area contributed by atoms with Gasteiger partial charge in [-0.2, -0.15) is 0 Å². The number of aliphatic hydroxyl groups is 1. The third-order valence-corrected chi connectivity index (χ3v) is 4.71. The third kappa shape index (κ3) is 4.37. The number of aliphatic hydroxyl groups excluding tert-OH is 1. The van der Waals surface area contributed by atoms with Gasteiger partial charge in [0.05, 0.1) is 6.10 Å². The molecule has 0 spiro atoms. The molecule has 1 saturated heterocycles. The van der Waals surface area contributed by atoms with E-state index in [-0.39, 0.29) is 18.6 Å². The van der Waals surface area contributed by atoms with E-state index in [4.69, 9.17) is 4.74 Å². The fraction of sp³-hybridized carbons (Fsp3) is 0.412. The van der Waals surface area contributed by atoms with Crippen molar-refractivity contribution in [2.24, 2.45) is 0 Å². The van der Waals surface area contributed by atoms with Gasteiger partial charge in [0, 0.05) is 25.0 Å². The van der Waals surface area contributed by atoms with Gasteiger partial charge in [-0.1, -0.05) is 30.3 Å². The molecule has 2 heterocycles. The lowest BCUT2D eigenvalue weighted by Gasteiger charge is -2.11. The van der Waals surface area contributed by atoms with E-state index in [9.17, 15) is 9.90 Å². The Bertz CT molecular complexity index is 638. The van der Waals surface area contributed by atoms with Gasteiger partial charge in [0.25, 0.3) is 5.91 Å². The van der Waals surface area contributed by atoms with Gasteiger partial charge in [-0.25, -0.2) is 4.98 Å². The highest BCUT2D eigenvalue weighted by molar-refractivity contribution is 7.09. The van der Waals surface area contributed by atoms with Crippen molar-refractivity contribution in [3.63, 3.8) is 0 Å². The molecule has 1 amide bonds. The average molecular weight is 332 g/mol. The van der Waals surface area contributed by atoms with E-state index in [1.54, 1.807) is 5.38 Å². The molecule has 1 aliphatic heterocycles. The van der Waals surface area contributed by atoms with Crippen LogP contribution in [0.2, 0.25) is 0 Å². The first-order valence-electron chi connectivity index (χ1n) is 7.79. The van der Waals surface area contributed by atoms with E-state index in [1.807, 2.05) is 30.3 Å². The fourth-order valence-corrected chi connectivity index (χ4v) is 3.45. The van der Waals surface area contributed by atoms with Gasteiger partial charge in [-0.15, -0.1) is 11.3 Å². The van der Waals surface area contributed by atoms with Gasteiger partial charge >= 0.3 is 0 Å². The highest BCUT2D eigenvalue weighted by atomic mass is 32.1. The van der Waals surface area contributed by atoms with Gasteiger partial charge in [0.15, 0.2) is 0 Å². The molecule has 5 nitrogen and oxygen atoms in total. The first-order chi connectivity index (χ1) is 11.2. The zero-order valence-electron chi connectivity index (χ0n) is 12.8. The number of hydrogen-bond donors (Lipinski definition) is 2. The number of carbonyl (C=O) groups is 1. The van der Waals surface area contributed by atoms with Gasteiger partial charge in [0.2, 0.25) is 0 Å². The van der Waals surface area contributed by atoms with E-state index in [2.05, 4.69) is 10.3 Å². The summed E-state index contributed by atoms with van der Waals surface area (Å²) in [6.07, 6.45) is 1.93. The Labute approximate surface area is 139 Å². The molecule has 0 radical (unpaired) electrons. The molecule has 2 unspecified atom stereocenters. The highest BCUT2D eigenvalue weighted by Gasteiger charge is 2.22.